The first kappa shape index (κ1) is 18.0. The minimum absolute atomic E-state index is 0.119. The molecule has 0 fully saturated rings. The number of carbonyl (C=O) groups excluding carboxylic acids is 2. The van der Waals surface area contributed by atoms with Crippen molar-refractivity contribution >= 4 is 33.5 Å². The van der Waals surface area contributed by atoms with Gasteiger partial charge in [-0.15, -0.1) is 0 Å². The Bertz CT molecular complexity index is 778. The van der Waals surface area contributed by atoms with Crippen molar-refractivity contribution in [2.75, 3.05) is 5.32 Å². The first-order valence-electron chi connectivity index (χ1n) is 6.70. The van der Waals surface area contributed by atoms with Crippen LogP contribution in [0.3, 0.4) is 0 Å². The Labute approximate surface area is 143 Å². The molecule has 0 heterocycles. The lowest BCUT2D eigenvalue weighted by Crippen LogP contribution is -2.30. The number of esters is 1. The largest absolute Gasteiger partial charge is 0.449 e. The van der Waals surface area contributed by atoms with E-state index >= 15 is 0 Å². The van der Waals surface area contributed by atoms with E-state index in [2.05, 4.69) is 15.9 Å². The maximum atomic E-state index is 13.5. The first-order chi connectivity index (χ1) is 11.3. The minimum atomic E-state index is -1.35. The zero-order chi connectivity index (χ0) is 17.9. The standard InChI is InChI=1S/C16H11BrF3NO3/c1-8(15(22)21-14-12(19)3-2-4-13(14)20)24-16(23)10-7-9(18)5-6-11(10)17/h2-8H,1H3,(H,21,22). The van der Waals surface area contributed by atoms with E-state index in [-0.39, 0.29) is 10.0 Å². The molecule has 0 spiro atoms. The summed E-state index contributed by atoms with van der Waals surface area (Å²) in [6.07, 6.45) is -1.35. The van der Waals surface area contributed by atoms with E-state index in [1.54, 1.807) is 0 Å². The molecule has 1 unspecified atom stereocenters. The molecule has 0 saturated carbocycles. The molecule has 2 rings (SSSR count). The number of nitrogens with one attached hydrogen (secondary N) is 1. The van der Waals surface area contributed by atoms with Crippen LogP contribution in [0.2, 0.25) is 0 Å². The fourth-order valence-corrected chi connectivity index (χ4v) is 2.18. The normalized spacial score (nSPS) is 11.7. The Morgan fingerprint density at radius 3 is 2.38 bits per heavy atom. The van der Waals surface area contributed by atoms with Crippen LogP contribution in [0.4, 0.5) is 18.9 Å². The fourth-order valence-electron chi connectivity index (χ4n) is 1.77. The van der Waals surface area contributed by atoms with E-state index in [1.165, 1.54) is 13.0 Å². The Morgan fingerprint density at radius 1 is 1.12 bits per heavy atom. The maximum absolute atomic E-state index is 13.5. The van der Waals surface area contributed by atoms with Gasteiger partial charge in [-0.2, -0.15) is 0 Å². The summed E-state index contributed by atoms with van der Waals surface area (Å²) in [6, 6.07) is 6.47. The second kappa shape index (κ2) is 7.48. The number of hydrogen-bond donors (Lipinski definition) is 1. The Morgan fingerprint density at radius 2 is 1.75 bits per heavy atom. The molecule has 1 N–H and O–H groups in total. The number of rotatable bonds is 4. The molecule has 126 valence electrons. The molecule has 4 nitrogen and oxygen atoms in total. The molecule has 1 amide bonds. The highest BCUT2D eigenvalue weighted by Crippen LogP contribution is 2.21. The van der Waals surface area contributed by atoms with Gasteiger partial charge in [-0.1, -0.05) is 6.07 Å². The summed E-state index contributed by atoms with van der Waals surface area (Å²) in [4.78, 5) is 23.9. The van der Waals surface area contributed by atoms with Crippen LogP contribution in [0.15, 0.2) is 40.9 Å². The molecule has 0 aliphatic rings. The van der Waals surface area contributed by atoms with Gasteiger partial charge in [0.15, 0.2) is 6.10 Å². The van der Waals surface area contributed by atoms with Crippen molar-refractivity contribution in [2.45, 2.75) is 13.0 Å². The van der Waals surface area contributed by atoms with Gasteiger partial charge in [-0.3, -0.25) is 4.79 Å². The summed E-state index contributed by atoms with van der Waals surface area (Å²) in [6.45, 7) is 1.22. The third kappa shape index (κ3) is 4.14. The maximum Gasteiger partial charge on any atom is 0.340 e. The van der Waals surface area contributed by atoms with Gasteiger partial charge in [0.2, 0.25) is 0 Å². The van der Waals surface area contributed by atoms with E-state index in [4.69, 9.17) is 4.74 Å². The van der Waals surface area contributed by atoms with Gasteiger partial charge < -0.3 is 10.1 Å². The average Bonchev–Trinajstić information content (AvgIpc) is 2.53. The minimum Gasteiger partial charge on any atom is -0.449 e. The summed E-state index contributed by atoms with van der Waals surface area (Å²) in [5.41, 5.74) is -0.760. The van der Waals surface area contributed by atoms with Crippen LogP contribution >= 0.6 is 15.9 Å². The van der Waals surface area contributed by atoms with Crippen LogP contribution in [-0.2, 0) is 9.53 Å². The van der Waals surface area contributed by atoms with Gasteiger partial charge in [-0.05, 0) is 53.2 Å². The van der Waals surface area contributed by atoms with E-state index in [1.807, 2.05) is 5.32 Å². The zero-order valence-corrected chi connectivity index (χ0v) is 13.9. The van der Waals surface area contributed by atoms with E-state index in [0.717, 1.165) is 30.3 Å². The Hall–Kier alpha value is -2.35. The van der Waals surface area contributed by atoms with Crippen molar-refractivity contribution in [3.8, 4) is 0 Å². The molecule has 8 heteroatoms. The molecule has 0 aromatic heterocycles. The molecule has 0 bridgehead atoms. The van der Waals surface area contributed by atoms with Crippen molar-refractivity contribution in [3.63, 3.8) is 0 Å². The molecule has 1 atom stereocenters. The van der Waals surface area contributed by atoms with Gasteiger partial charge in [0.05, 0.1) is 5.56 Å². The van der Waals surface area contributed by atoms with Crippen molar-refractivity contribution in [2.24, 2.45) is 0 Å². The topological polar surface area (TPSA) is 55.4 Å². The molecule has 24 heavy (non-hydrogen) atoms. The summed E-state index contributed by atoms with van der Waals surface area (Å²) in [7, 11) is 0. The van der Waals surface area contributed by atoms with Crippen molar-refractivity contribution in [1.29, 1.82) is 0 Å². The second-order valence-electron chi connectivity index (χ2n) is 4.76. The third-order valence-electron chi connectivity index (χ3n) is 3.01. The van der Waals surface area contributed by atoms with Crippen LogP contribution in [0.25, 0.3) is 0 Å². The molecular formula is C16H11BrF3NO3. The van der Waals surface area contributed by atoms with Gasteiger partial charge in [0, 0.05) is 4.47 Å². The molecule has 0 aliphatic carbocycles. The third-order valence-corrected chi connectivity index (χ3v) is 3.70. The molecule has 2 aromatic rings. The van der Waals surface area contributed by atoms with Crippen LogP contribution in [0.5, 0.6) is 0 Å². The Kier molecular flexibility index (Phi) is 5.61. The number of halogens is 4. The molecule has 0 radical (unpaired) electrons. The lowest BCUT2D eigenvalue weighted by Gasteiger charge is -2.14. The zero-order valence-electron chi connectivity index (χ0n) is 12.3. The van der Waals surface area contributed by atoms with Crippen LogP contribution in [0, 0.1) is 17.5 Å². The number of amides is 1. The lowest BCUT2D eigenvalue weighted by molar-refractivity contribution is -0.123. The SMILES string of the molecule is CC(OC(=O)c1cc(F)ccc1Br)C(=O)Nc1c(F)cccc1F. The number of hydrogen-bond acceptors (Lipinski definition) is 3. The number of ether oxygens (including phenoxy) is 1. The van der Waals surface area contributed by atoms with Crippen molar-refractivity contribution in [3.05, 3.63) is 63.9 Å². The van der Waals surface area contributed by atoms with E-state index in [0.29, 0.717) is 0 Å². The number of para-hydroxylation sites is 1. The quantitative estimate of drug-likeness (QED) is 0.786. The molecule has 2 aromatic carbocycles. The van der Waals surface area contributed by atoms with E-state index < -0.39 is 41.1 Å². The van der Waals surface area contributed by atoms with Gasteiger partial charge in [0.25, 0.3) is 5.91 Å². The molecule has 0 saturated heterocycles. The lowest BCUT2D eigenvalue weighted by atomic mass is 10.2. The van der Waals surface area contributed by atoms with Crippen molar-refractivity contribution in [1.82, 2.24) is 0 Å². The van der Waals surface area contributed by atoms with Crippen LogP contribution in [-0.4, -0.2) is 18.0 Å². The Balaban J connectivity index is 2.09. The average molecular weight is 402 g/mol. The van der Waals surface area contributed by atoms with Crippen LogP contribution < -0.4 is 5.32 Å². The number of carbonyl (C=O) groups is 2. The summed E-state index contributed by atoms with van der Waals surface area (Å²) < 4.78 is 45.3. The highest BCUT2D eigenvalue weighted by molar-refractivity contribution is 9.10. The van der Waals surface area contributed by atoms with E-state index in [9.17, 15) is 22.8 Å². The molecule has 0 aliphatic heterocycles. The predicted octanol–water partition coefficient (Wildman–Crippen LogP) is 4.05. The fraction of sp³-hybridized carbons (Fsp3) is 0.125. The monoisotopic (exact) mass is 401 g/mol. The van der Waals surface area contributed by atoms with Crippen molar-refractivity contribution < 1.29 is 27.5 Å². The van der Waals surface area contributed by atoms with Crippen LogP contribution in [0.1, 0.15) is 17.3 Å². The van der Waals surface area contributed by atoms with Gasteiger partial charge in [-0.25, -0.2) is 18.0 Å². The predicted molar refractivity (Wildman–Crippen MR) is 84.0 cm³/mol. The summed E-state index contributed by atoms with van der Waals surface area (Å²) >= 11 is 3.06. The first-order valence-corrected chi connectivity index (χ1v) is 7.50. The highest BCUT2D eigenvalue weighted by atomic mass is 79.9. The smallest absolute Gasteiger partial charge is 0.340 e. The van der Waals surface area contributed by atoms with Gasteiger partial charge in [0.1, 0.15) is 23.1 Å². The summed E-state index contributed by atoms with van der Waals surface area (Å²) in [5, 5.41) is 2.01. The second-order valence-corrected chi connectivity index (χ2v) is 5.61. The number of anilines is 1. The van der Waals surface area contributed by atoms with Gasteiger partial charge >= 0.3 is 5.97 Å². The summed E-state index contributed by atoms with van der Waals surface area (Å²) in [5.74, 6) is -4.47. The molecular weight excluding hydrogens is 391 g/mol. The highest BCUT2D eigenvalue weighted by Gasteiger charge is 2.22. The number of benzene rings is 2.